The molecule has 0 unspecified atom stereocenters. The summed E-state index contributed by atoms with van der Waals surface area (Å²) in [5, 5.41) is 4.90. The zero-order chi connectivity index (χ0) is 15.2. The van der Waals surface area contributed by atoms with Gasteiger partial charge in [-0.1, -0.05) is 11.6 Å². The number of halogens is 3. The highest BCUT2D eigenvalue weighted by molar-refractivity contribution is 6.30. The van der Waals surface area contributed by atoms with Gasteiger partial charge in [0.15, 0.2) is 0 Å². The molecule has 1 fully saturated rings. The first-order chi connectivity index (χ1) is 10.8. The lowest BCUT2D eigenvalue weighted by atomic mass is 10.2. The van der Waals surface area contributed by atoms with Gasteiger partial charge in [-0.05, 0) is 25.5 Å². The molecule has 0 aliphatic carbocycles. The Bertz CT molecular complexity index is 572. The smallest absolute Gasteiger partial charge is 0.225 e. The number of anilines is 1. The maximum Gasteiger partial charge on any atom is 0.225 e. The zero-order valence-electron chi connectivity index (χ0n) is 13.4. The average Bonchev–Trinajstić information content (AvgIpc) is 2.98. The van der Waals surface area contributed by atoms with Crippen LogP contribution in [0.25, 0.3) is 0 Å². The van der Waals surface area contributed by atoms with Gasteiger partial charge >= 0.3 is 0 Å². The molecule has 0 saturated carbocycles. The van der Waals surface area contributed by atoms with Crippen molar-refractivity contribution in [2.24, 2.45) is 0 Å². The summed E-state index contributed by atoms with van der Waals surface area (Å²) in [5.74, 6) is 0.845. The molecule has 9 heteroatoms. The Morgan fingerprint density at radius 1 is 0.958 bits per heavy atom. The summed E-state index contributed by atoms with van der Waals surface area (Å²) in [5.41, 5.74) is 0. The van der Waals surface area contributed by atoms with E-state index in [1.54, 1.807) is 18.6 Å². The number of piperazine rings is 1. The van der Waals surface area contributed by atoms with Crippen LogP contribution >= 0.6 is 36.4 Å². The average molecular weight is 394 g/mol. The molecule has 3 heterocycles. The van der Waals surface area contributed by atoms with Gasteiger partial charge in [0.25, 0.3) is 0 Å². The standard InChI is InChI=1S/C15H21ClN6.2ClH/c16-14-12-19-22(13-14)7-2-1-6-20-8-10-21(11-9-20)15-17-4-3-5-18-15;;/h3-5,12-13H,1-2,6-11H2;2*1H. The van der Waals surface area contributed by atoms with Crippen LogP contribution in [-0.2, 0) is 6.54 Å². The number of hydrogen-bond acceptors (Lipinski definition) is 5. The highest BCUT2D eigenvalue weighted by atomic mass is 35.5. The number of hydrogen-bond donors (Lipinski definition) is 0. The summed E-state index contributed by atoms with van der Waals surface area (Å²) in [6, 6.07) is 1.85. The van der Waals surface area contributed by atoms with E-state index in [4.69, 9.17) is 11.6 Å². The van der Waals surface area contributed by atoms with Crippen LogP contribution in [-0.4, -0.2) is 57.4 Å². The molecule has 1 saturated heterocycles. The Morgan fingerprint density at radius 2 is 1.62 bits per heavy atom. The summed E-state index contributed by atoms with van der Waals surface area (Å²) in [6.45, 7) is 6.22. The number of aromatic nitrogens is 4. The molecular formula is C15H23Cl3N6. The Kier molecular flexibility index (Phi) is 9.36. The van der Waals surface area contributed by atoms with E-state index in [2.05, 4.69) is 24.9 Å². The van der Waals surface area contributed by atoms with Crippen molar-refractivity contribution in [1.29, 1.82) is 0 Å². The molecule has 3 rings (SSSR count). The van der Waals surface area contributed by atoms with Crippen LogP contribution in [0.15, 0.2) is 30.9 Å². The third-order valence-electron chi connectivity index (χ3n) is 3.92. The van der Waals surface area contributed by atoms with Crippen LogP contribution in [0.1, 0.15) is 12.8 Å². The first-order valence-corrected chi connectivity index (χ1v) is 8.11. The van der Waals surface area contributed by atoms with Gasteiger partial charge in [-0.25, -0.2) is 9.97 Å². The topological polar surface area (TPSA) is 50.1 Å². The largest absolute Gasteiger partial charge is 0.338 e. The third-order valence-corrected chi connectivity index (χ3v) is 4.12. The van der Waals surface area contributed by atoms with E-state index in [1.807, 2.05) is 16.9 Å². The fraction of sp³-hybridized carbons (Fsp3) is 0.533. The van der Waals surface area contributed by atoms with Crippen molar-refractivity contribution in [2.75, 3.05) is 37.6 Å². The van der Waals surface area contributed by atoms with Crippen molar-refractivity contribution in [3.63, 3.8) is 0 Å². The van der Waals surface area contributed by atoms with Crippen molar-refractivity contribution < 1.29 is 0 Å². The van der Waals surface area contributed by atoms with Crippen molar-refractivity contribution in [1.82, 2.24) is 24.6 Å². The van der Waals surface area contributed by atoms with Gasteiger partial charge in [-0.2, -0.15) is 5.10 Å². The van der Waals surface area contributed by atoms with Crippen LogP contribution in [0, 0.1) is 0 Å². The lowest BCUT2D eigenvalue weighted by Gasteiger charge is -2.34. The maximum atomic E-state index is 5.85. The van der Waals surface area contributed by atoms with Crippen molar-refractivity contribution in [3.8, 4) is 0 Å². The SMILES string of the molecule is Cl.Cl.Clc1cnn(CCCCN2CCN(c3ncccn3)CC2)c1. The van der Waals surface area contributed by atoms with E-state index in [0.717, 1.165) is 51.6 Å². The molecule has 1 aliphatic heterocycles. The van der Waals surface area contributed by atoms with Gasteiger partial charge in [0.2, 0.25) is 5.95 Å². The molecule has 0 N–H and O–H groups in total. The molecule has 1 aliphatic rings. The molecule has 6 nitrogen and oxygen atoms in total. The molecule has 0 aromatic carbocycles. The lowest BCUT2D eigenvalue weighted by Crippen LogP contribution is -2.47. The van der Waals surface area contributed by atoms with E-state index >= 15 is 0 Å². The molecule has 2 aromatic rings. The van der Waals surface area contributed by atoms with Crippen LogP contribution in [0.2, 0.25) is 5.02 Å². The van der Waals surface area contributed by atoms with E-state index in [-0.39, 0.29) is 24.8 Å². The number of aryl methyl sites for hydroxylation is 1. The number of unbranched alkanes of at least 4 members (excludes halogenated alkanes) is 1. The molecule has 0 bridgehead atoms. The molecule has 0 amide bonds. The molecule has 0 spiro atoms. The van der Waals surface area contributed by atoms with Crippen LogP contribution in [0.4, 0.5) is 5.95 Å². The van der Waals surface area contributed by atoms with E-state index < -0.39 is 0 Å². The first kappa shape index (κ1) is 21.0. The second-order valence-corrected chi connectivity index (χ2v) is 5.94. The monoisotopic (exact) mass is 392 g/mol. The Hall–Kier alpha value is -1.08. The van der Waals surface area contributed by atoms with Crippen LogP contribution < -0.4 is 4.90 Å². The van der Waals surface area contributed by atoms with Gasteiger partial charge in [0.05, 0.1) is 11.2 Å². The van der Waals surface area contributed by atoms with Gasteiger partial charge in [0, 0.05) is 51.3 Å². The zero-order valence-corrected chi connectivity index (χ0v) is 15.8. The Labute approximate surface area is 160 Å². The highest BCUT2D eigenvalue weighted by Crippen LogP contribution is 2.10. The maximum absolute atomic E-state index is 5.85. The minimum atomic E-state index is 0. The summed E-state index contributed by atoms with van der Waals surface area (Å²) in [6.07, 6.45) is 9.47. The van der Waals surface area contributed by atoms with E-state index in [1.165, 1.54) is 6.42 Å². The summed E-state index contributed by atoms with van der Waals surface area (Å²) in [4.78, 5) is 13.4. The summed E-state index contributed by atoms with van der Waals surface area (Å²) in [7, 11) is 0. The highest BCUT2D eigenvalue weighted by Gasteiger charge is 2.17. The van der Waals surface area contributed by atoms with Gasteiger partial charge in [-0.15, -0.1) is 24.8 Å². The number of rotatable bonds is 6. The predicted molar refractivity (Wildman–Crippen MR) is 102 cm³/mol. The minimum Gasteiger partial charge on any atom is -0.338 e. The number of nitrogens with zero attached hydrogens (tertiary/aromatic N) is 6. The van der Waals surface area contributed by atoms with Gasteiger partial charge < -0.3 is 4.90 Å². The van der Waals surface area contributed by atoms with E-state index in [0.29, 0.717) is 5.02 Å². The first-order valence-electron chi connectivity index (χ1n) is 7.73. The molecule has 2 aromatic heterocycles. The Balaban J connectivity index is 0.00000144. The molecule has 134 valence electrons. The summed E-state index contributed by atoms with van der Waals surface area (Å²) >= 11 is 5.85. The normalized spacial score (nSPS) is 14.8. The van der Waals surface area contributed by atoms with Gasteiger partial charge in [0.1, 0.15) is 0 Å². The van der Waals surface area contributed by atoms with Crippen LogP contribution in [0.3, 0.4) is 0 Å². The second-order valence-electron chi connectivity index (χ2n) is 5.51. The second kappa shape index (κ2) is 10.7. The molecular weight excluding hydrogens is 371 g/mol. The quantitative estimate of drug-likeness (QED) is 0.706. The third kappa shape index (κ3) is 6.09. The molecule has 0 atom stereocenters. The molecule has 0 radical (unpaired) electrons. The fourth-order valence-corrected chi connectivity index (χ4v) is 2.85. The Morgan fingerprint density at radius 3 is 2.25 bits per heavy atom. The minimum absolute atomic E-state index is 0. The lowest BCUT2D eigenvalue weighted by molar-refractivity contribution is 0.249. The van der Waals surface area contributed by atoms with Crippen molar-refractivity contribution >= 4 is 42.4 Å². The fourth-order valence-electron chi connectivity index (χ4n) is 2.70. The molecule has 24 heavy (non-hydrogen) atoms. The van der Waals surface area contributed by atoms with Crippen molar-refractivity contribution in [3.05, 3.63) is 35.9 Å². The van der Waals surface area contributed by atoms with Gasteiger partial charge in [-0.3, -0.25) is 9.58 Å². The summed E-state index contributed by atoms with van der Waals surface area (Å²) < 4.78 is 1.91. The van der Waals surface area contributed by atoms with Crippen molar-refractivity contribution in [2.45, 2.75) is 19.4 Å². The van der Waals surface area contributed by atoms with Crippen LogP contribution in [0.5, 0.6) is 0 Å². The van der Waals surface area contributed by atoms with E-state index in [9.17, 15) is 0 Å². The predicted octanol–water partition coefficient (Wildman–Crippen LogP) is 2.77.